The Balaban J connectivity index is 1.61. The van der Waals surface area contributed by atoms with Crippen LogP contribution in [0.2, 0.25) is 0 Å². The Bertz CT molecular complexity index is 732. The number of amides is 2. The van der Waals surface area contributed by atoms with Gasteiger partial charge in [-0.2, -0.15) is 0 Å². The number of hydrogen-bond acceptors (Lipinski definition) is 5. The molecule has 0 aliphatic carbocycles. The predicted molar refractivity (Wildman–Crippen MR) is 96.6 cm³/mol. The minimum atomic E-state index is -0.0218. The van der Waals surface area contributed by atoms with Gasteiger partial charge in [-0.15, -0.1) is 11.3 Å². The number of thiazole rings is 1. The van der Waals surface area contributed by atoms with Gasteiger partial charge in [0.05, 0.1) is 10.7 Å². The maximum atomic E-state index is 12.6. The zero-order valence-electron chi connectivity index (χ0n) is 14.3. The van der Waals surface area contributed by atoms with Crippen LogP contribution in [0.15, 0.2) is 29.8 Å². The van der Waals surface area contributed by atoms with E-state index in [9.17, 15) is 9.59 Å². The summed E-state index contributed by atoms with van der Waals surface area (Å²) in [7, 11) is 0. The third kappa shape index (κ3) is 4.63. The van der Waals surface area contributed by atoms with Gasteiger partial charge in [0.25, 0.3) is 5.91 Å². The highest BCUT2D eigenvalue weighted by Gasteiger charge is 2.27. The fourth-order valence-corrected chi connectivity index (χ4v) is 3.99. The number of likely N-dealkylation sites (tertiary alicyclic amines) is 1. The molecule has 1 aliphatic heterocycles. The summed E-state index contributed by atoms with van der Waals surface area (Å²) >= 11 is 1.65. The van der Waals surface area contributed by atoms with Crippen LogP contribution in [0.5, 0.6) is 0 Å². The first kappa shape index (κ1) is 17.5. The lowest BCUT2D eigenvalue weighted by molar-refractivity contribution is -0.118. The van der Waals surface area contributed by atoms with E-state index in [0.29, 0.717) is 18.8 Å². The average molecular weight is 358 g/mol. The van der Waals surface area contributed by atoms with Crippen LogP contribution >= 0.6 is 11.3 Å². The zero-order chi connectivity index (χ0) is 17.6. The van der Waals surface area contributed by atoms with Crippen molar-refractivity contribution < 1.29 is 9.59 Å². The molecule has 0 bridgehead atoms. The molecule has 1 saturated heterocycles. The Kier molecular flexibility index (Phi) is 5.75. The standard InChI is InChI=1S/C18H22N4O2S/c1-13(23)19-9-7-15-12-25-17(21-15)14-5-4-10-22(11-14)18(24)16-6-2-3-8-20-16/h2-3,6,8,12,14H,4-5,7,9-11H2,1H3,(H,19,23). The molecule has 0 saturated carbocycles. The van der Waals surface area contributed by atoms with Crippen molar-refractivity contribution in [1.82, 2.24) is 20.2 Å². The lowest BCUT2D eigenvalue weighted by Gasteiger charge is -2.31. The van der Waals surface area contributed by atoms with Gasteiger partial charge in [0.1, 0.15) is 5.69 Å². The molecule has 3 heterocycles. The van der Waals surface area contributed by atoms with Crippen molar-refractivity contribution in [3.8, 4) is 0 Å². The van der Waals surface area contributed by atoms with Crippen molar-refractivity contribution in [2.75, 3.05) is 19.6 Å². The molecule has 25 heavy (non-hydrogen) atoms. The Morgan fingerprint density at radius 2 is 2.28 bits per heavy atom. The van der Waals surface area contributed by atoms with E-state index in [0.717, 1.165) is 36.5 Å². The van der Waals surface area contributed by atoms with Crippen molar-refractivity contribution >= 4 is 23.2 Å². The molecule has 1 unspecified atom stereocenters. The first-order chi connectivity index (χ1) is 12.1. The first-order valence-electron chi connectivity index (χ1n) is 8.52. The number of aromatic nitrogens is 2. The highest BCUT2D eigenvalue weighted by molar-refractivity contribution is 7.09. The lowest BCUT2D eigenvalue weighted by Crippen LogP contribution is -2.39. The first-order valence-corrected chi connectivity index (χ1v) is 9.40. The maximum Gasteiger partial charge on any atom is 0.272 e. The van der Waals surface area contributed by atoms with Crippen LogP contribution in [0.1, 0.15) is 46.9 Å². The number of rotatable bonds is 5. The number of hydrogen-bond donors (Lipinski definition) is 1. The number of piperidine rings is 1. The normalized spacial score (nSPS) is 17.3. The van der Waals surface area contributed by atoms with E-state index in [1.54, 1.807) is 23.6 Å². The summed E-state index contributed by atoms with van der Waals surface area (Å²) in [6, 6.07) is 5.41. The molecule has 2 aromatic heterocycles. The molecular formula is C18H22N4O2S. The third-order valence-electron chi connectivity index (χ3n) is 4.27. The van der Waals surface area contributed by atoms with Gasteiger partial charge < -0.3 is 10.2 Å². The molecule has 7 heteroatoms. The molecule has 1 aliphatic rings. The van der Waals surface area contributed by atoms with Crippen LogP contribution in [0.3, 0.4) is 0 Å². The summed E-state index contributed by atoms with van der Waals surface area (Å²) in [4.78, 5) is 34.3. The van der Waals surface area contributed by atoms with Crippen LogP contribution in [-0.2, 0) is 11.2 Å². The fraction of sp³-hybridized carbons (Fsp3) is 0.444. The summed E-state index contributed by atoms with van der Waals surface area (Å²) < 4.78 is 0. The van der Waals surface area contributed by atoms with Gasteiger partial charge in [0.2, 0.25) is 5.91 Å². The summed E-state index contributed by atoms with van der Waals surface area (Å²) in [5.41, 5.74) is 1.50. The highest BCUT2D eigenvalue weighted by Crippen LogP contribution is 2.29. The molecule has 2 amide bonds. The molecule has 1 N–H and O–H groups in total. The molecular weight excluding hydrogens is 336 g/mol. The molecule has 6 nitrogen and oxygen atoms in total. The summed E-state index contributed by atoms with van der Waals surface area (Å²) in [5, 5.41) is 5.92. The minimum absolute atomic E-state index is 0.00672. The van der Waals surface area contributed by atoms with Crippen LogP contribution in [-0.4, -0.2) is 46.3 Å². The quantitative estimate of drug-likeness (QED) is 0.889. The van der Waals surface area contributed by atoms with Gasteiger partial charge in [-0.1, -0.05) is 6.07 Å². The predicted octanol–water partition coefficient (Wildman–Crippen LogP) is 2.24. The van der Waals surface area contributed by atoms with E-state index in [-0.39, 0.29) is 17.7 Å². The van der Waals surface area contributed by atoms with E-state index >= 15 is 0 Å². The van der Waals surface area contributed by atoms with Crippen LogP contribution < -0.4 is 5.32 Å². The molecule has 1 atom stereocenters. The topological polar surface area (TPSA) is 75.2 Å². The molecule has 0 radical (unpaired) electrons. The average Bonchev–Trinajstić information content (AvgIpc) is 3.10. The Labute approximate surface area is 151 Å². The number of carbonyl (C=O) groups is 2. The Morgan fingerprint density at radius 1 is 1.40 bits per heavy atom. The molecule has 1 fully saturated rings. The van der Waals surface area contributed by atoms with Gasteiger partial charge in [0.15, 0.2) is 0 Å². The monoisotopic (exact) mass is 358 g/mol. The van der Waals surface area contributed by atoms with Gasteiger partial charge in [-0.3, -0.25) is 14.6 Å². The zero-order valence-corrected chi connectivity index (χ0v) is 15.1. The van der Waals surface area contributed by atoms with Gasteiger partial charge in [-0.05, 0) is 25.0 Å². The summed E-state index contributed by atoms with van der Waals surface area (Å²) in [6.45, 7) is 3.58. The maximum absolute atomic E-state index is 12.6. The Morgan fingerprint density at radius 3 is 3.04 bits per heavy atom. The second-order valence-corrected chi connectivity index (χ2v) is 7.11. The van der Waals surface area contributed by atoms with Crippen molar-refractivity contribution in [1.29, 1.82) is 0 Å². The Hall–Kier alpha value is -2.28. The molecule has 0 spiro atoms. The molecule has 132 valence electrons. The minimum Gasteiger partial charge on any atom is -0.356 e. The molecule has 0 aromatic carbocycles. The van der Waals surface area contributed by atoms with E-state index < -0.39 is 0 Å². The largest absolute Gasteiger partial charge is 0.356 e. The van der Waals surface area contributed by atoms with Crippen molar-refractivity contribution in [2.45, 2.75) is 32.1 Å². The van der Waals surface area contributed by atoms with E-state index in [1.807, 2.05) is 17.0 Å². The van der Waals surface area contributed by atoms with E-state index in [2.05, 4.69) is 15.7 Å². The highest BCUT2D eigenvalue weighted by atomic mass is 32.1. The number of pyridine rings is 1. The van der Waals surface area contributed by atoms with Crippen LogP contribution in [0, 0.1) is 0 Å². The van der Waals surface area contributed by atoms with Gasteiger partial charge in [-0.25, -0.2) is 4.98 Å². The molecule has 3 rings (SSSR count). The van der Waals surface area contributed by atoms with Crippen molar-refractivity contribution in [3.05, 3.63) is 46.2 Å². The summed E-state index contributed by atoms with van der Waals surface area (Å²) in [6.07, 6.45) is 4.41. The SMILES string of the molecule is CC(=O)NCCc1csc(C2CCCN(C(=O)c3ccccn3)C2)n1. The second kappa shape index (κ2) is 8.20. The number of carbonyl (C=O) groups excluding carboxylic acids is 2. The third-order valence-corrected chi connectivity index (χ3v) is 5.32. The summed E-state index contributed by atoms with van der Waals surface area (Å²) in [5.74, 6) is 0.250. The number of nitrogens with one attached hydrogen (secondary N) is 1. The second-order valence-electron chi connectivity index (χ2n) is 6.22. The van der Waals surface area contributed by atoms with Crippen molar-refractivity contribution in [2.24, 2.45) is 0 Å². The van der Waals surface area contributed by atoms with E-state index in [4.69, 9.17) is 4.98 Å². The molecule has 2 aromatic rings. The number of nitrogens with zero attached hydrogens (tertiary/aromatic N) is 3. The van der Waals surface area contributed by atoms with Crippen LogP contribution in [0.25, 0.3) is 0 Å². The van der Waals surface area contributed by atoms with Crippen LogP contribution in [0.4, 0.5) is 0 Å². The fourth-order valence-electron chi connectivity index (χ4n) is 3.01. The van der Waals surface area contributed by atoms with Gasteiger partial charge >= 0.3 is 0 Å². The lowest BCUT2D eigenvalue weighted by atomic mass is 9.98. The van der Waals surface area contributed by atoms with Gasteiger partial charge in [0, 0.05) is 50.5 Å². The van der Waals surface area contributed by atoms with Crippen molar-refractivity contribution in [3.63, 3.8) is 0 Å². The smallest absolute Gasteiger partial charge is 0.272 e. The van der Waals surface area contributed by atoms with E-state index in [1.165, 1.54) is 6.92 Å².